The summed E-state index contributed by atoms with van der Waals surface area (Å²) in [4.78, 5) is 27.3. The Morgan fingerprint density at radius 2 is 2.13 bits per heavy atom. The van der Waals surface area contributed by atoms with Crippen LogP contribution in [0.2, 0.25) is 0 Å². The first-order valence-electron chi connectivity index (χ1n) is 8.02. The Hall–Kier alpha value is -1.98. The predicted octanol–water partition coefficient (Wildman–Crippen LogP) is 1.54. The lowest BCUT2D eigenvalue weighted by atomic mass is 9.76. The fraction of sp³-hybridized carbons (Fsp3) is 0.444. The Balaban J connectivity index is 1.70. The number of carbonyl (C=O) groups is 2. The van der Waals surface area contributed by atoms with Gasteiger partial charge in [-0.15, -0.1) is 0 Å². The molecular weight excluding hydrogens is 294 g/mol. The summed E-state index contributed by atoms with van der Waals surface area (Å²) in [7, 11) is 0. The van der Waals surface area contributed by atoms with Crippen molar-refractivity contribution >= 4 is 17.6 Å². The van der Waals surface area contributed by atoms with E-state index in [0.717, 1.165) is 11.1 Å². The molecule has 3 saturated heterocycles. The first kappa shape index (κ1) is 13.5. The van der Waals surface area contributed by atoms with Crippen molar-refractivity contribution in [1.29, 1.82) is 0 Å². The molecule has 5 rings (SSSR count). The van der Waals surface area contributed by atoms with E-state index in [9.17, 15) is 9.59 Å². The lowest BCUT2D eigenvalue weighted by Crippen LogP contribution is -2.47. The fourth-order valence-corrected chi connectivity index (χ4v) is 4.79. The van der Waals surface area contributed by atoms with Crippen molar-refractivity contribution in [1.82, 2.24) is 4.90 Å². The third-order valence-electron chi connectivity index (χ3n) is 5.62. The van der Waals surface area contributed by atoms with Crippen LogP contribution in [0.3, 0.4) is 0 Å². The van der Waals surface area contributed by atoms with Crippen LogP contribution in [-0.4, -0.2) is 41.5 Å². The molecule has 0 saturated carbocycles. The van der Waals surface area contributed by atoms with E-state index >= 15 is 0 Å². The molecule has 0 spiro atoms. The highest BCUT2D eigenvalue weighted by Gasteiger charge is 2.63. The van der Waals surface area contributed by atoms with Gasteiger partial charge in [0.05, 0.1) is 30.7 Å². The Morgan fingerprint density at radius 3 is 2.96 bits per heavy atom. The molecule has 118 valence electrons. The molecular formula is C18H17NO4. The van der Waals surface area contributed by atoms with Crippen LogP contribution in [0.1, 0.15) is 24.1 Å². The van der Waals surface area contributed by atoms with Crippen molar-refractivity contribution in [3.05, 3.63) is 41.6 Å². The van der Waals surface area contributed by atoms with Gasteiger partial charge in [0.1, 0.15) is 0 Å². The molecule has 0 unspecified atom stereocenters. The average molecular weight is 311 g/mol. The first-order chi connectivity index (χ1) is 11.2. The molecule has 6 atom stereocenters. The summed E-state index contributed by atoms with van der Waals surface area (Å²) in [5, 5.41) is 0. The van der Waals surface area contributed by atoms with Gasteiger partial charge in [0.15, 0.2) is 11.6 Å². The number of Topliss-reactive ketones (excluding diaryl/α,β-unsaturated/α-hetero) is 2. The van der Waals surface area contributed by atoms with E-state index in [1.165, 1.54) is 0 Å². The Morgan fingerprint density at radius 1 is 1.30 bits per heavy atom. The fourth-order valence-electron chi connectivity index (χ4n) is 4.79. The van der Waals surface area contributed by atoms with Gasteiger partial charge in [-0.2, -0.15) is 0 Å². The number of benzene rings is 1. The molecule has 0 amide bonds. The van der Waals surface area contributed by atoms with Gasteiger partial charge in [-0.25, -0.2) is 0 Å². The number of hydrogen-bond acceptors (Lipinski definition) is 5. The quantitative estimate of drug-likeness (QED) is 0.787. The highest BCUT2D eigenvalue weighted by atomic mass is 16.7. The maximum atomic E-state index is 12.9. The first-order valence-corrected chi connectivity index (χ1v) is 8.02. The van der Waals surface area contributed by atoms with Crippen molar-refractivity contribution < 1.29 is 19.1 Å². The molecule has 0 aromatic heterocycles. The van der Waals surface area contributed by atoms with E-state index in [1.54, 1.807) is 6.92 Å². The normalized spacial score (nSPS) is 39.9. The summed E-state index contributed by atoms with van der Waals surface area (Å²) in [6, 6.07) is 7.66. The monoisotopic (exact) mass is 311 g/mol. The van der Waals surface area contributed by atoms with E-state index in [4.69, 9.17) is 9.47 Å². The number of fused-ring (bicyclic) bond motifs is 8. The van der Waals surface area contributed by atoms with Crippen molar-refractivity contribution in [3.8, 4) is 0 Å². The van der Waals surface area contributed by atoms with E-state index < -0.39 is 6.29 Å². The molecule has 1 aromatic carbocycles. The molecule has 1 aromatic rings. The Labute approximate surface area is 133 Å². The number of hydrogen-bond donors (Lipinski definition) is 0. The van der Waals surface area contributed by atoms with Gasteiger partial charge < -0.3 is 14.4 Å². The summed E-state index contributed by atoms with van der Waals surface area (Å²) in [5.41, 5.74) is 2.23. The van der Waals surface area contributed by atoms with Crippen LogP contribution in [0.15, 0.2) is 30.5 Å². The van der Waals surface area contributed by atoms with E-state index in [0.29, 0.717) is 6.61 Å². The van der Waals surface area contributed by atoms with E-state index in [2.05, 4.69) is 11.0 Å². The van der Waals surface area contributed by atoms with Crippen LogP contribution in [0.25, 0.3) is 6.08 Å². The van der Waals surface area contributed by atoms with Crippen molar-refractivity contribution in [2.45, 2.75) is 31.4 Å². The maximum absolute atomic E-state index is 12.9. The van der Waals surface area contributed by atoms with Gasteiger partial charge in [-0.3, -0.25) is 9.59 Å². The molecule has 2 bridgehead atoms. The molecule has 4 aliphatic rings. The number of nitrogens with zero attached hydrogens (tertiary/aromatic N) is 1. The minimum Gasteiger partial charge on any atom is -0.359 e. The lowest BCUT2D eigenvalue weighted by Gasteiger charge is -2.34. The highest BCUT2D eigenvalue weighted by molar-refractivity contribution is 5.91. The molecule has 0 aliphatic carbocycles. The smallest absolute Gasteiger partial charge is 0.218 e. The molecule has 3 fully saturated rings. The topological polar surface area (TPSA) is 55.8 Å². The zero-order valence-corrected chi connectivity index (χ0v) is 12.7. The second-order valence-corrected chi connectivity index (χ2v) is 6.74. The van der Waals surface area contributed by atoms with Crippen LogP contribution < -0.4 is 0 Å². The van der Waals surface area contributed by atoms with Crippen molar-refractivity contribution in [3.63, 3.8) is 0 Å². The average Bonchev–Trinajstić information content (AvgIpc) is 3.13. The Bertz CT molecular complexity index is 742. The van der Waals surface area contributed by atoms with Crippen LogP contribution in [-0.2, 0) is 19.1 Å². The third kappa shape index (κ3) is 1.64. The molecule has 4 heterocycles. The van der Waals surface area contributed by atoms with Crippen LogP contribution in [0.4, 0.5) is 0 Å². The SMILES string of the molecule is CC(=O)[C@H]1[C@@H]2[C@H](C(=O)[C@H]3OC[C@@H]2O3)[C@H]2c3ccccc3C=CN21. The molecule has 0 N–H and O–H groups in total. The molecule has 5 heteroatoms. The lowest BCUT2D eigenvalue weighted by molar-refractivity contribution is -0.165. The largest absolute Gasteiger partial charge is 0.359 e. The standard InChI is InChI=1S/C18H17NO4/c1-9(20)15-13-12-8-22-18(23-12)17(21)14(13)16-11-5-3-2-4-10(11)6-7-19(15)16/h2-7,12-16,18H,8H2,1H3/t12-,13-,14-,15-,16+,18-/m0/s1. The van der Waals surface area contributed by atoms with Crippen molar-refractivity contribution in [2.75, 3.05) is 6.61 Å². The van der Waals surface area contributed by atoms with E-state index in [-0.39, 0.29) is 41.6 Å². The summed E-state index contributed by atoms with van der Waals surface area (Å²) in [6.45, 7) is 2.00. The van der Waals surface area contributed by atoms with Gasteiger partial charge >= 0.3 is 0 Å². The van der Waals surface area contributed by atoms with Gasteiger partial charge in [0.25, 0.3) is 0 Å². The Kier molecular flexibility index (Phi) is 2.65. The van der Waals surface area contributed by atoms with Gasteiger partial charge in [-0.05, 0) is 24.1 Å². The number of rotatable bonds is 1. The minimum atomic E-state index is -0.758. The third-order valence-corrected chi connectivity index (χ3v) is 5.62. The number of ketones is 2. The summed E-state index contributed by atoms with van der Waals surface area (Å²) in [6.07, 6.45) is 3.06. The predicted molar refractivity (Wildman–Crippen MR) is 81.1 cm³/mol. The van der Waals surface area contributed by atoms with Crippen LogP contribution in [0, 0.1) is 11.8 Å². The van der Waals surface area contributed by atoms with E-state index in [1.807, 2.05) is 30.5 Å². The van der Waals surface area contributed by atoms with Gasteiger partial charge in [0.2, 0.25) is 6.29 Å². The molecule has 5 nitrogen and oxygen atoms in total. The minimum absolute atomic E-state index is 0.0207. The highest BCUT2D eigenvalue weighted by Crippen LogP contribution is 2.54. The molecule has 0 radical (unpaired) electrons. The molecule has 23 heavy (non-hydrogen) atoms. The summed E-state index contributed by atoms with van der Waals surface area (Å²) >= 11 is 0. The van der Waals surface area contributed by atoms with Crippen LogP contribution >= 0.6 is 0 Å². The maximum Gasteiger partial charge on any atom is 0.218 e. The zero-order chi connectivity index (χ0) is 15.7. The number of carbonyl (C=O) groups excluding carboxylic acids is 2. The molecule has 4 aliphatic heterocycles. The second-order valence-electron chi connectivity index (χ2n) is 6.74. The number of ether oxygens (including phenoxy) is 2. The van der Waals surface area contributed by atoms with Gasteiger partial charge in [-0.1, -0.05) is 24.3 Å². The van der Waals surface area contributed by atoms with Crippen molar-refractivity contribution in [2.24, 2.45) is 11.8 Å². The summed E-state index contributed by atoms with van der Waals surface area (Å²) in [5.74, 6) is -0.332. The summed E-state index contributed by atoms with van der Waals surface area (Å²) < 4.78 is 11.2. The zero-order valence-electron chi connectivity index (χ0n) is 12.7. The van der Waals surface area contributed by atoms with Gasteiger partial charge in [0, 0.05) is 12.1 Å². The van der Waals surface area contributed by atoms with Crippen LogP contribution in [0.5, 0.6) is 0 Å². The second kappa shape index (κ2) is 4.52.